The van der Waals surface area contributed by atoms with Gasteiger partial charge in [0.05, 0.1) is 4.90 Å². The summed E-state index contributed by atoms with van der Waals surface area (Å²) >= 11 is 0. The molecule has 138 valence electrons. The van der Waals surface area contributed by atoms with Gasteiger partial charge in [0.25, 0.3) is 5.91 Å². The summed E-state index contributed by atoms with van der Waals surface area (Å²) in [6, 6.07) is 6.39. The summed E-state index contributed by atoms with van der Waals surface area (Å²) < 4.78 is 31.4. The number of rotatable bonds is 7. The monoisotopic (exact) mass is 368 g/mol. The molecule has 2 rings (SSSR count). The highest BCUT2D eigenvalue weighted by molar-refractivity contribution is 7.89. The highest BCUT2D eigenvalue weighted by Crippen LogP contribution is 2.17. The Kier molecular flexibility index (Phi) is 6.55. The zero-order valence-electron chi connectivity index (χ0n) is 14.4. The first kappa shape index (κ1) is 19.4. The fourth-order valence-electron chi connectivity index (χ4n) is 2.64. The molecule has 0 bridgehead atoms. The van der Waals surface area contributed by atoms with E-state index in [0.29, 0.717) is 0 Å². The van der Waals surface area contributed by atoms with E-state index in [9.17, 15) is 18.0 Å². The van der Waals surface area contributed by atoms with E-state index in [1.165, 1.54) is 19.1 Å². The lowest BCUT2D eigenvalue weighted by Crippen LogP contribution is -2.42. The summed E-state index contributed by atoms with van der Waals surface area (Å²) in [6.07, 6.45) is 3.07. The van der Waals surface area contributed by atoms with Gasteiger partial charge in [0.15, 0.2) is 6.10 Å². The Morgan fingerprint density at radius 3 is 2.40 bits per heavy atom. The van der Waals surface area contributed by atoms with Crippen LogP contribution in [0.15, 0.2) is 29.2 Å². The minimum Gasteiger partial charge on any atom is -0.452 e. The summed E-state index contributed by atoms with van der Waals surface area (Å²) in [5.74, 6) is -1.16. The van der Waals surface area contributed by atoms with E-state index >= 15 is 0 Å². The van der Waals surface area contributed by atoms with Gasteiger partial charge in [-0.3, -0.25) is 9.59 Å². The smallest absolute Gasteiger partial charge is 0.321 e. The van der Waals surface area contributed by atoms with Crippen LogP contribution >= 0.6 is 0 Å². The molecule has 1 aromatic rings. The van der Waals surface area contributed by atoms with E-state index in [-0.39, 0.29) is 16.8 Å². The molecule has 1 unspecified atom stereocenters. The summed E-state index contributed by atoms with van der Waals surface area (Å²) in [5, 5.41) is 2.83. The molecule has 0 spiro atoms. The van der Waals surface area contributed by atoms with Crippen molar-refractivity contribution in [2.24, 2.45) is 0 Å². The highest BCUT2D eigenvalue weighted by atomic mass is 32.2. The third-order valence-corrected chi connectivity index (χ3v) is 5.53. The molecule has 7 nitrogen and oxygen atoms in total. The first-order valence-electron chi connectivity index (χ1n) is 8.34. The van der Waals surface area contributed by atoms with Crippen molar-refractivity contribution < 1.29 is 22.7 Å². The molecule has 1 saturated carbocycles. The SMILES string of the molecule is Cc1ccc(S(=O)(=O)NCC(=O)OC(C)C(=O)NC2CCCC2)cc1. The van der Waals surface area contributed by atoms with Crippen LogP contribution in [0.4, 0.5) is 0 Å². The number of amides is 1. The Morgan fingerprint density at radius 1 is 1.20 bits per heavy atom. The molecule has 1 fully saturated rings. The van der Waals surface area contributed by atoms with Crippen molar-refractivity contribution >= 4 is 21.9 Å². The Labute approximate surface area is 148 Å². The number of sulfonamides is 1. The lowest BCUT2D eigenvalue weighted by atomic mass is 10.2. The van der Waals surface area contributed by atoms with Gasteiger partial charge in [-0.2, -0.15) is 4.72 Å². The van der Waals surface area contributed by atoms with E-state index in [4.69, 9.17) is 4.74 Å². The molecule has 1 aliphatic rings. The van der Waals surface area contributed by atoms with Crippen molar-refractivity contribution in [2.75, 3.05) is 6.54 Å². The third kappa shape index (κ3) is 5.82. The quantitative estimate of drug-likeness (QED) is 0.706. The van der Waals surface area contributed by atoms with Crippen LogP contribution in [-0.4, -0.2) is 39.0 Å². The van der Waals surface area contributed by atoms with Crippen LogP contribution in [0.25, 0.3) is 0 Å². The third-order valence-electron chi connectivity index (χ3n) is 4.12. The average Bonchev–Trinajstić information content (AvgIpc) is 3.06. The minimum atomic E-state index is -3.80. The lowest BCUT2D eigenvalue weighted by Gasteiger charge is -2.17. The predicted octanol–water partition coefficient (Wildman–Crippen LogP) is 1.26. The molecule has 2 N–H and O–H groups in total. The van der Waals surface area contributed by atoms with E-state index in [1.54, 1.807) is 12.1 Å². The molecule has 25 heavy (non-hydrogen) atoms. The lowest BCUT2D eigenvalue weighted by molar-refractivity contribution is -0.153. The maximum Gasteiger partial charge on any atom is 0.321 e. The van der Waals surface area contributed by atoms with Crippen LogP contribution in [0.5, 0.6) is 0 Å². The molecule has 0 aliphatic heterocycles. The molecular formula is C17H24N2O5S. The molecule has 0 heterocycles. The van der Waals surface area contributed by atoms with Gasteiger partial charge in [-0.1, -0.05) is 30.5 Å². The van der Waals surface area contributed by atoms with Gasteiger partial charge in [-0.25, -0.2) is 8.42 Å². The molecular weight excluding hydrogens is 344 g/mol. The maximum atomic E-state index is 12.1. The predicted molar refractivity (Wildman–Crippen MR) is 92.3 cm³/mol. The number of benzene rings is 1. The van der Waals surface area contributed by atoms with Gasteiger partial charge in [0.2, 0.25) is 10.0 Å². The van der Waals surface area contributed by atoms with Crippen molar-refractivity contribution in [1.82, 2.24) is 10.0 Å². The van der Waals surface area contributed by atoms with Crippen LogP contribution < -0.4 is 10.0 Å². The summed E-state index contributed by atoms with van der Waals surface area (Å²) in [6.45, 7) is 2.78. The van der Waals surface area contributed by atoms with Crippen molar-refractivity contribution in [1.29, 1.82) is 0 Å². The van der Waals surface area contributed by atoms with Crippen LogP contribution in [0.2, 0.25) is 0 Å². The van der Waals surface area contributed by atoms with Crippen LogP contribution in [0.3, 0.4) is 0 Å². The van der Waals surface area contributed by atoms with Crippen LogP contribution in [0.1, 0.15) is 38.2 Å². The van der Waals surface area contributed by atoms with Crippen molar-refractivity contribution in [3.8, 4) is 0 Å². The zero-order chi connectivity index (χ0) is 18.4. The Morgan fingerprint density at radius 2 is 1.80 bits per heavy atom. The first-order valence-corrected chi connectivity index (χ1v) is 9.82. The molecule has 8 heteroatoms. The first-order chi connectivity index (χ1) is 11.8. The second kappa shape index (κ2) is 8.44. The largest absolute Gasteiger partial charge is 0.452 e. The fraction of sp³-hybridized carbons (Fsp3) is 0.529. The number of esters is 1. The van der Waals surface area contributed by atoms with E-state index in [2.05, 4.69) is 10.0 Å². The standard InChI is InChI=1S/C17H24N2O5S/c1-12-7-9-15(10-8-12)25(22,23)18-11-16(20)24-13(2)17(21)19-14-5-3-4-6-14/h7-10,13-14,18H,3-6,11H2,1-2H3,(H,19,21). The average molecular weight is 368 g/mol. The minimum absolute atomic E-state index is 0.0675. The molecule has 0 radical (unpaired) electrons. The summed E-state index contributed by atoms with van der Waals surface area (Å²) in [5.41, 5.74) is 0.931. The molecule has 1 aromatic carbocycles. The van der Waals surface area contributed by atoms with E-state index in [1.807, 2.05) is 6.92 Å². The maximum absolute atomic E-state index is 12.1. The Hall–Kier alpha value is -1.93. The van der Waals surface area contributed by atoms with E-state index < -0.39 is 28.6 Å². The summed E-state index contributed by atoms with van der Waals surface area (Å²) in [7, 11) is -3.80. The van der Waals surface area contributed by atoms with Gasteiger partial charge in [-0.15, -0.1) is 0 Å². The second-order valence-electron chi connectivity index (χ2n) is 6.26. The molecule has 0 saturated heterocycles. The van der Waals surface area contributed by atoms with Gasteiger partial charge < -0.3 is 10.1 Å². The number of nitrogens with one attached hydrogen (secondary N) is 2. The molecule has 1 aliphatic carbocycles. The fourth-order valence-corrected chi connectivity index (χ4v) is 3.60. The van der Waals surface area contributed by atoms with Gasteiger partial charge in [0.1, 0.15) is 6.54 Å². The molecule has 0 aromatic heterocycles. The Balaban J connectivity index is 1.80. The number of ether oxygens (including phenoxy) is 1. The van der Waals surface area contributed by atoms with Crippen LogP contribution in [0, 0.1) is 6.92 Å². The van der Waals surface area contributed by atoms with Crippen molar-refractivity contribution in [2.45, 2.75) is 56.6 Å². The van der Waals surface area contributed by atoms with Crippen LogP contribution in [-0.2, 0) is 24.3 Å². The van der Waals surface area contributed by atoms with Gasteiger partial charge in [0, 0.05) is 6.04 Å². The number of hydrogen-bond acceptors (Lipinski definition) is 5. The summed E-state index contributed by atoms with van der Waals surface area (Å²) in [4.78, 5) is 23.8. The number of aryl methyl sites for hydroxylation is 1. The van der Waals surface area contributed by atoms with E-state index in [0.717, 1.165) is 31.2 Å². The Bertz CT molecular complexity index is 709. The van der Waals surface area contributed by atoms with Crippen molar-refractivity contribution in [3.05, 3.63) is 29.8 Å². The molecule has 1 atom stereocenters. The van der Waals surface area contributed by atoms with Gasteiger partial charge in [-0.05, 0) is 38.8 Å². The molecule has 1 amide bonds. The number of carbonyl (C=O) groups excluding carboxylic acids is 2. The zero-order valence-corrected chi connectivity index (χ0v) is 15.3. The van der Waals surface area contributed by atoms with Crippen molar-refractivity contribution in [3.63, 3.8) is 0 Å². The highest BCUT2D eigenvalue weighted by Gasteiger charge is 2.23. The number of hydrogen-bond donors (Lipinski definition) is 2. The second-order valence-corrected chi connectivity index (χ2v) is 8.03. The van der Waals surface area contributed by atoms with Gasteiger partial charge >= 0.3 is 5.97 Å². The normalized spacial score (nSPS) is 16.4. The topological polar surface area (TPSA) is 102 Å². The number of carbonyl (C=O) groups is 2.